The number of nitrogens with zero attached hydrogens (tertiary/aromatic N) is 3. The SMILES string of the molecule is C1=Cc2cc3oc4cccc(-c5cccc(-c6nc(-c7ccc8c(c7)oc7ccccc78)nc(-c7cccc8ccccc78)n6)c5)c4c3cc2NC1. The molecule has 244 valence electrons. The highest BCUT2D eigenvalue weighted by molar-refractivity contribution is 6.14. The van der Waals surface area contributed by atoms with Gasteiger partial charge in [0.2, 0.25) is 0 Å². The number of benzene rings is 7. The maximum Gasteiger partial charge on any atom is 0.164 e. The summed E-state index contributed by atoms with van der Waals surface area (Å²) in [4.78, 5) is 15.4. The Balaban J connectivity index is 1.10. The van der Waals surface area contributed by atoms with Gasteiger partial charge in [0.15, 0.2) is 17.5 Å². The number of rotatable bonds is 4. The van der Waals surface area contributed by atoms with Crippen molar-refractivity contribution in [2.45, 2.75) is 0 Å². The molecule has 0 bridgehead atoms. The average molecular weight is 669 g/mol. The Morgan fingerprint density at radius 1 is 0.462 bits per heavy atom. The minimum atomic E-state index is 0.579. The van der Waals surface area contributed by atoms with E-state index in [0.717, 1.165) is 100 Å². The van der Waals surface area contributed by atoms with E-state index in [2.05, 4.69) is 127 Å². The highest BCUT2D eigenvalue weighted by Gasteiger charge is 2.19. The Labute approximate surface area is 297 Å². The van der Waals surface area contributed by atoms with Crippen LogP contribution in [0.1, 0.15) is 5.56 Å². The minimum Gasteiger partial charge on any atom is -0.456 e. The summed E-state index contributed by atoms with van der Waals surface area (Å²) >= 11 is 0. The standard InChI is InChI=1S/C46H28N4O2/c1-2-14-32-27(9-1)10-6-17-36(32)46-49-44(48-45(50-46)31-20-21-35-34-15-3-4-18-39(34)51-41(35)25-31)30-12-5-11-28(23-30)33-16-7-19-40-43(33)37-26-38-29(13-8-22-47-38)24-42(37)52-40/h1-21,23-26,47H,22H2. The first-order valence-corrected chi connectivity index (χ1v) is 17.4. The molecule has 3 aromatic heterocycles. The summed E-state index contributed by atoms with van der Waals surface area (Å²) in [6.07, 6.45) is 4.27. The van der Waals surface area contributed by atoms with Crippen LogP contribution in [0.25, 0.3) is 106 Å². The van der Waals surface area contributed by atoms with E-state index < -0.39 is 0 Å². The van der Waals surface area contributed by atoms with Gasteiger partial charge in [-0.05, 0) is 64.4 Å². The molecule has 11 rings (SSSR count). The molecule has 7 aromatic carbocycles. The van der Waals surface area contributed by atoms with E-state index in [0.29, 0.717) is 17.5 Å². The van der Waals surface area contributed by atoms with Gasteiger partial charge in [0.25, 0.3) is 0 Å². The topological polar surface area (TPSA) is 77.0 Å². The average Bonchev–Trinajstić information content (AvgIpc) is 3.77. The quantitative estimate of drug-likeness (QED) is 0.201. The lowest BCUT2D eigenvalue weighted by atomic mass is 9.96. The monoisotopic (exact) mass is 668 g/mol. The van der Waals surface area contributed by atoms with Crippen LogP contribution in [-0.4, -0.2) is 21.5 Å². The van der Waals surface area contributed by atoms with Crippen LogP contribution in [0.2, 0.25) is 0 Å². The molecule has 6 nitrogen and oxygen atoms in total. The predicted octanol–water partition coefficient (Wildman–Crippen LogP) is 11.9. The van der Waals surface area contributed by atoms with E-state index in [1.165, 1.54) is 0 Å². The summed E-state index contributed by atoms with van der Waals surface area (Å²) in [5.41, 5.74) is 10.4. The second kappa shape index (κ2) is 11.2. The van der Waals surface area contributed by atoms with Crippen molar-refractivity contribution in [1.82, 2.24) is 15.0 Å². The first-order chi connectivity index (χ1) is 25.7. The van der Waals surface area contributed by atoms with E-state index in [-0.39, 0.29) is 0 Å². The molecule has 0 saturated heterocycles. The summed E-state index contributed by atoms with van der Waals surface area (Å²) in [7, 11) is 0. The number of hydrogen-bond donors (Lipinski definition) is 1. The fourth-order valence-corrected chi connectivity index (χ4v) is 7.64. The number of aromatic nitrogens is 3. The van der Waals surface area contributed by atoms with Crippen LogP contribution in [0.4, 0.5) is 5.69 Å². The number of nitrogens with one attached hydrogen (secondary N) is 1. The van der Waals surface area contributed by atoms with Crippen LogP contribution in [-0.2, 0) is 0 Å². The molecule has 0 spiro atoms. The van der Waals surface area contributed by atoms with Crippen molar-refractivity contribution >= 4 is 66.4 Å². The number of para-hydroxylation sites is 1. The Hall–Kier alpha value is -7.05. The van der Waals surface area contributed by atoms with Crippen LogP contribution in [0.3, 0.4) is 0 Å². The zero-order chi connectivity index (χ0) is 34.2. The van der Waals surface area contributed by atoms with Crippen LogP contribution in [0, 0.1) is 0 Å². The number of furan rings is 2. The van der Waals surface area contributed by atoms with Gasteiger partial charge in [-0.2, -0.15) is 0 Å². The second-order valence-electron chi connectivity index (χ2n) is 13.2. The predicted molar refractivity (Wildman–Crippen MR) is 211 cm³/mol. The molecule has 0 radical (unpaired) electrons. The summed E-state index contributed by atoms with van der Waals surface area (Å²) < 4.78 is 12.7. The minimum absolute atomic E-state index is 0.579. The molecule has 10 aromatic rings. The first kappa shape index (κ1) is 28.8. The van der Waals surface area contributed by atoms with Gasteiger partial charge >= 0.3 is 0 Å². The lowest BCUT2D eigenvalue weighted by molar-refractivity contribution is 0.668. The van der Waals surface area contributed by atoms with Crippen LogP contribution >= 0.6 is 0 Å². The normalized spacial score (nSPS) is 12.6. The van der Waals surface area contributed by atoms with Crippen molar-refractivity contribution in [3.8, 4) is 45.3 Å². The highest BCUT2D eigenvalue weighted by Crippen LogP contribution is 2.41. The maximum atomic E-state index is 6.41. The molecule has 1 N–H and O–H groups in total. The lowest BCUT2D eigenvalue weighted by Gasteiger charge is -2.13. The summed E-state index contributed by atoms with van der Waals surface area (Å²) in [5.74, 6) is 1.78. The largest absolute Gasteiger partial charge is 0.456 e. The van der Waals surface area contributed by atoms with E-state index in [9.17, 15) is 0 Å². The van der Waals surface area contributed by atoms with Crippen LogP contribution in [0.15, 0.2) is 154 Å². The second-order valence-corrected chi connectivity index (χ2v) is 13.2. The molecule has 0 unspecified atom stereocenters. The number of fused-ring (bicyclic) bond motifs is 8. The third kappa shape index (κ3) is 4.55. The fourth-order valence-electron chi connectivity index (χ4n) is 7.64. The first-order valence-electron chi connectivity index (χ1n) is 17.4. The molecule has 0 saturated carbocycles. The molecular formula is C46H28N4O2. The van der Waals surface area contributed by atoms with E-state index in [4.69, 9.17) is 23.8 Å². The van der Waals surface area contributed by atoms with Crippen molar-refractivity contribution in [3.05, 3.63) is 151 Å². The lowest BCUT2D eigenvalue weighted by Crippen LogP contribution is -2.03. The molecular weight excluding hydrogens is 641 g/mol. The molecule has 1 aliphatic rings. The Morgan fingerprint density at radius 2 is 1.13 bits per heavy atom. The number of hydrogen-bond acceptors (Lipinski definition) is 6. The zero-order valence-corrected chi connectivity index (χ0v) is 27.8. The van der Waals surface area contributed by atoms with Crippen molar-refractivity contribution in [1.29, 1.82) is 0 Å². The molecule has 6 heteroatoms. The Bertz CT molecular complexity index is 3090. The van der Waals surface area contributed by atoms with Crippen LogP contribution < -0.4 is 5.32 Å². The molecule has 4 heterocycles. The van der Waals surface area contributed by atoms with Gasteiger partial charge in [0, 0.05) is 56.0 Å². The number of anilines is 1. The van der Waals surface area contributed by atoms with E-state index in [1.54, 1.807) is 0 Å². The van der Waals surface area contributed by atoms with Gasteiger partial charge < -0.3 is 14.2 Å². The van der Waals surface area contributed by atoms with Crippen molar-refractivity contribution in [2.24, 2.45) is 0 Å². The van der Waals surface area contributed by atoms with E-state index >= 15 is 0 Å². The van der Waals surface area contributed by atoms with Gasteiger partial charge in [0.05, 0.1) is 0 Å². The third-order valence-corrected chi connectivity index (χ3v) is 10.1. The maximum absolute atomic E-state index is 6.41. The molecule has 1 aliphatic heterocycles. The molecule has 0 aliphatic carbocycles. The van der Waals surface area contributed by atoms with Crippen LogP contribution in [0.5, 0.6) is 0 Å². The van der Waals surface area contributed by atoms with Gasteiger partial charge in [-0.1, -0.05) is 109 Å². The summed E-state index contributed by atoms with van der Waals surface area (Å²) in [6, 6.07) is 47.9. The Morgan fingerprint density at radius 3 is 2.08 bits per heavy atom. The molecule has 0 fully saturated rings. The van der Waals surface area contributed by atoms with Crippen molar-refractivity contribution in [3.63, 3.8) is 0 Å². The van der Waals surface area contributed by atoms with Crippen molar-refractivity contribution < 1.29 is 8.83 Å². The molecule has 0 amide bonds. The summed E-state index contributed by atoms with van der Waals surface area (Å²) in [6.45, 7) is 0.810. The van der Waals surface area contributed by atoms with Gasteiger partial charge in [-0.15, -0.1) is 0 Å². The molecule has 52 heavy (non-hydrogen) atoms. The van der Waals surface area contributed by atoms with Gasteiger partial charge in [-0.25, -0.2) is 15.0 Å². The summed E-state index contributed by atoms with van der Waals surface area (Å²) in [5, 5.41) is 10.0. The molecule has 0 atom stereocenters. The zero-order valence-electron chi connectivity index (χ0n) is 27.8. The fraction of sp³-hybridized carbons (Fsp3) is 0.0217. The van der Waals surface area contributed by atoms with E-state index in [1.807, 2.05) is 30.3 Å². The van der Waals surface area contributed by atoms with Crippen molar-refractivity contribution in [2.75, 3.05) is 11.9 Å². The Kier molecular flexibility index (Phi) is 6.21. The highest BCUT2D eigenvalue weighted by atomic mass is 16.3. The van der Waals surface area contributed by atoms with Gasteiger partial charge in [0.1, 0.15) is 22.3 Å². The van der Waals surface area contributed by atoms with Gasteiger partial charge in [-0.3, -0.25) is 0 Å². The third-order valence-electron chi connectivity index (χ3n) is 10.1. The smallest absolute Gasteiger partial charge is 0.164 e.